The molecule has 2 aromatic carbocycles. The number of halogens is 1. The summed E-state index contributed by atoms with van der Waals surface area (Å²) in [5.74, 6) is -0.209. The molecule has 110 valence electrons. The third-order valence-electron chi connectivity index (χ3n) is 2.82. The van der Waals surface area contributed by atoms with E-state index in [1.807, 2.05) is 6.92 Å². The molecule has 2 rings (SSSR count). The third-order valence-corrected chi connectivity index (χ3v) is 2.82. The normalized spacial score (nSPS) is 10.0. The fourth-order valence-electron chi connectivity index (χ4n) is 1.84. The van der Waals surface area contributed by atoms with Gasteiger partial charge in [0.2, 0.25) is 0 Å². The molecule has 0 fully saturated rings. The van der Waals surface area contributed by atoms with Gasteiger partial charge in [0.15, 0.2) is 11.6 Å². The van der Waals surface area contributed by atoms with Crippen molar-refractivity contribution in [1.29, 1.82) is 0 Å². The topological polar surface area (TPSA) is 47.6 Å². The molecule has 0 atom stereocenters. The number of hydrogen-bond acceptors (Lipinski definition) is 3. The summed E-state index contributed by atoms with van der Waals surface area (Å²) >= 11 is 0. The Balaban J connectivity index is 2.14. The number of carbonyl (C=O) groups is 1. The van der Waals surface area contributed by atoms with Crippen LogP contribution in [0.5, 0.6) is 11.5 Å². The van der Waals surface area contributed by atoms with Gasteiger partial charge in [0.05, 0.1) is 13.7 Å². The highest BCUT2D eigenvalue weighted by Gasteiger charge is 2.10. The van der Waals surface area contributed by atoms with Gasteiger partial charge in [-0.05, 0) is 37.3 Å². The maximum atomic E-state index is 13.6. The summed E-state index contributed by atoms with van der Waals surface area (Å²) in [6.07, 6.45) is 0. The van der Waals surface area contributed by atoms with Gasteiger partial charge in [0, 0.05) is 17.3 Å². The standard InChI is InChI=1S/C16H16FNO3/c1-3-21-13-6-4-5-12(10-13)18-16(19)11-7-8-15(20-2)14(17)9-11/h4-10H,3H2,1-2H3,(H,18,19). The lowest BCUT2D eigenvalue weighted by Gasteiger charge is -2.09. The summed E-state index contributed by atoms with van der Waals surface area (Å²) in [6.45, 7) is 2.42. The molecule has 0 radical (unpaired) electrons. The van der Waals surface area contributed by atoms with Crippen LogP contribution in [0.25, 0.3) is 0 Å². The van der Waals surface area contributed by atoms with E-state index >= 15 is 0 Å². The second-order valence-electron chi connectivity index (χ2n) is 4.26. The van der Waals surface area contributed by atoms with E-state index in [0.29, 0.717) is 18.0 Å². The second kappa shape index (κ2) is 6.74. The lowest BCUT2D eigenvalue weighted by atomic mass is 10.2. The molecule has 1 N–H and O–H groups in total. The van der Waals surface area contributed by atoms with Crippen molar-refractivity contribution in [3.8, 4) is 11.5 Å². The van der Waals surface area contributed by atoms with Crippen molar-refractivity contribution in [1.82, 2.24) is 0 Å². The van der Waals surface area contributed by atoms with E-state index in [1.165, 1.54) is 19.2 Å². The number of amides is 1. The van der Waals surface area contributed by atoms with Gasteiger partial charge in [-0.3, -0.25) is 4.79 Å². The molecule has 0 unspecified atom stereocenters. The minimum absolute atomic E-state index is 0.102. The van der Waals surface area contributed by atoms with Crippen molar-refractivity contribution < 1.29 is 18.7 Å². The van der Waals surface area contributed by atoms with Crippen molar-refractivity contribution >= 4 is 11.6 Å². The van der Waals surface area contributed by atoms with Crippen LogP contribution in [0.3, 0.4) is 0 Å². The molecule has 0 bridgehead atoms. The van der Waals surface area contributed by atoms with Gasteiger partial charge in [-0.25, -0.2) is 4.39 Å². The van der Waals surface area contributed by atoms with E-state index in [9.17, 15) is 9.18 Å². The number of hydrogen-bond donors (Lipinski definition) is 1. The third kappa shape index (κ3) is 3.72. The van der Waals surface area contributed by atoms with Crippen LogP contribution < -0.4 is 14.8 Å². The average Bonchev–Trinajstić information content (AvgIpc) is 2.48. The van der Waals surface area contributed by atoms with Crippen molar-refractivity contribution in [2.45, 2.75) is 6.92 Å². The van der Waals surface area contributed by atoms with Crippen LogP contribution in [0.2, 0.25) is 0 Å². The van der Waals surface area contributed by atoms with Crippen LogP contribution in [-0.4, -0.2) is 19.6 Å². The molecule has 1 amide bonds. The molecule has 0 aromatic heterocycles. The van der Waals surface area contributed by atoms with Crippen LogP contribution in [0.4, 0.5) is 10.1 Å². The Hall–Kier alpha value is -2.56. The molecule has 0 spiro atoms. The summed E-state index contributed by atoms with van der Waals surface area (Å²) in [4.78, 5) is 12.1. The molecule has 0 saturated carbocycles. The Morgan fingerprint density at radius 3 is 2.71 bits per heavy atom. The minimum atomic E-state index is -0.576. The smallest absolute Gasteiger partial charge is 0.255 e. The zero-order chi connectivity index (χ0) is 15.2. The van der Waals surface area contributed by atoms with Crippen LogP contribution >= 0.6 is 0 Å². The number of methoxy groups -OCH3 is 1. The van der Waals surface area contributed by atoms with Crippen molar-refractivity contribution in [3.63, 3.8) is 0 Å². The zero-order valence-electron chi connectivity index (χ0n) is 11.9. The van der Waals surface area contributed by atoms with Gasteiger partial charge in [0.25, 0.3) is 5.91 Å². The average molecular weight is 289 g/mol. The minimum Gasteiger partial charge on any atom is -0.494 e. The van der Waals surface area contributed by atoms with E-state index in [4.69, 9.17) is 9.47 Å². The molecular weight excluding hydrogens is 273 g/mol. The SMILES string of the molecule is CCOc1cccc(NC(=O)c2ccc(OC)c(F)c2)c1. The van der Waals surface area contributed by atoms with Crippen molar-refractivity contribution in [2.75, 3.05) is 19.0 Å². The summed E-state index contributed by atoms with van der Waals surface area (Å²) in [7, 11) is 1.37. The van der Waals surface area contributed by atoms with E-state index in [0.717, 1.165) is 6.07 Å². The highest BCUT2D eigenvalue weighted by atomic mass is 19.1. The van der Waals surface area contributed by atoms with Crippen LogP contribution in [0.15, 0.2) is 42.5 Å². The zero-order valence-corrected chi connectivity index (χ0v) is 11.9. The summed E-state index contributed by atoms with van der Waals surface area (Å²) < 4.78 is 23.8. The maximum Gasteiger partial charge on any atom is 0.255 e. The van der Waals surface area contributed by atoms with Gasteiger partial charge < -0.3 is 14.8 Å². The predicted molar refractivity (Wildman–Crippen MR) is 78.5 cm³/mol. The van der Waals surface area contributed by atoms with Gasteiger partial charge >= 0.3 is 0 Å². The van der Waals surface area contributed by atoms with Gasteiger partial charge in [-0.2, -0.15) is 0 Å². The van der Waals surface area contributed by atoms with Gasteiger partial charge in [-0.1, -0.05) is 6.07 Å². The Bertz CT molecular complexity index is 643. The Kier molecular flexibility index (Phi) is 4.77. The number of ether oxygens (including phenoxy) is 2. The van der Waals surface area contributed by atoms with Gasteiger partial charge in [-0.15, -0.1) is 0 Å². The van der Waals surface area contributed by atoms with Crippen LogP contribution in [0.1, 0.15) is 17.3 Å². The van der Waals surface area contributed by atoms with Crippen LogP contribution in [-0.2, 0) is 0 Å². The molecule has 0 aliphatic heterocycles. The van der Waals surface area contributed by atoms with E-state index < -0.39 is 11.7 Å². The first-order valence-corrected chi connectivity index (χ1v) is 6.51. The molecule has 0 aliphatic carbocycles. The lowest BCUT2D eigenvalue weighted by molar-refractivity contribution is 0.102. The molecule has 0 saturated heterocycles. The van der Waals surface area contributed by atoms with Crippen molar-refractivity contribution in [3.05, 3.63) is 53.8 Å². The molecule has 5 heteroatoms. The molecule has 0 aliphatic rings. The number of benzene rings is 2. The first-order chi connectivity index (χ1) is 10.1. The summed E-state index contributed by atoms with van der Waals surface area (Å²) in [6, 6.07) is 11.1. The first-order valence-electron chi connectivity index (χ1n) is 6.51. The Morgan fingerprint density at radius 2 is 2.05 bits per heavy atom. The Labute approximate surface area is 122 Å². The van der Waals surface area contributed by atoms with E-state index in [2.05, 4.69) is 5.32 Å². The monoisotopic (exact) mass is 289 g/mol. The highest BCUT2D eigenvalue weighted by molar-refractivity contribution is 6.04. The molecule has 4 nitrogen and oxygen atoms in total. The molecular formula is C16H16FNO3. The summed E-state index contributed by atoms with van der Waals surface area (Å²) in [5.41, 5.74) is 0.803. The fraction of sp³-hybridized carbons (Fsp3) is 0.188. The quantitative estimate of drug-likeness (QED) is 0.916. The van der Waals surface area contributed by atoms with E-state index in [-0.39, 0.29) is 11.3 Å². The fourth-order valence-corrected chi connectivity index (χ4v) is 1.84. The predicted octanol–water partition coefficient (Wildman–Crippen LogP) is 3.49. The molecule has 2 aromatic rings. The van der Waals surface area contributed by atoms with Gasteiger partial charge in [0.1, 0.15) is 5.75 Å². The number of carbonyl (C=O) groups excluding carboxylic acids is 1. The second-order valence-corrected chi connectivity index (χ2v) is 4.26. The Morgan fingerprint density at radius 1 is 1.24 bits per heavy atom. The number of anilines is 1. The lowest BCUT2D eigenvalue weighted by Crippen LogP contribution is -2.12. The highest BCUT2D eigenvalue weighted by Crippen LogP contribution is 2.20. The molecule has 21 heavy (non-hydrogen) atoms. The number of rotatable bonds is 5. The van der Waals surface area contributed by atoms with E-state index in [1.54, 1.807) is 24.3 Å². The first kappa shape index (κ1) is 14.8. The maximum absolute atomic E-state index is 13.6. The van der Waals surface area contributed by atoms with Crippen LogP contribution in [0, 0.1) is 5.82 Å². The largest absolute Gasteiger partial charge is 0.494 e. The number of nitrogens with one attached hydrogen (secondary N) is 1. The van der Waals surface area contributed by atoms with Crippen molar-refractivity contribution in [2.24, 2.45) is 0 Å². The summed E-state index contributed by atoms with van der Waals surface area (Å²) in [5, 5.41) is 2.70. The molecule has 0 heterocycles.